The minimum atomic E-state index is -0.401. The van der Waals surface area contributed by atoms with E-state index < -0.39 is 5.41 Å². The topological polar surface area (TPSA) is 22.8 Å². The first-order valence-electron chi connectivity index (χ1n) is 54.5. The van der Waals surface area contributed by atoms with E-state index in [0.29, 0.717) is 0 Å². The monoisotopic (exact) mass is 1970 g/mol. The second-order valence-electron chi connectivity index (χ2n) is 54.0. The van der Waals surface area contributed by atoms with Gasteiger partial charge in [-0.3, -0.25) is 0 Å². The van der Waals surface area contributed by atoms with Crippen LogP contribution in [0.5, 0.6) is 0 Å². The highest BCUT2D eigenvalue weighted by atomic mass is 32.1. The van der Waals surface area contributed by atoms with Crippen molar-refractivity contribution in [1.29, 1.82) is 0 Å². The summed E-state index contributed by atoms with van der Waals surface area (Å²) in [6.45, 7) is 69.8. The molecule has 4 aromatic heterocycles. The summed E-state index contributed by atoms with van der Waals surface area (Å²) in [6.07, 6.45) is 4.18. The number of anilines is 12. The Kier molecular flexibility index (Phi) is 21.0. The Balaban J connectivity index is 0.629. The molecule has 0 atom stereocenters. The summed E-state index contributed by atoms with van der Waals surface area (Å²) >= 11 is 3.93. The Bertz CT molecular complexity index is 8740. The summed E-state index contributed by atoms with van der Waals surface area (Å²) in [5.74, 6) is 0. The van der Waals surface area contributed by atoms with Gasteiger partial charge in [-0.1, -0.05) is 339 Å². The van der Waals surface area contributed by atoms with Gasteiger partial charge in [-0.2, -0.15) is 0 Å². The molecule has 15 aromatic carbocycles. The molecule has 0 saturated heterocycles. The van der Waals surface area contributed by atoms with Crippen LogP contribution in [0.25, 0.3) is 84.9 Å². The maximum atomic E-state index is 2.76. The van der Waals surface area contributed by atoms with Crippen LogP contribution < -0.4 is 52.4 Å². The van der Waals surface area contributed by atoms with E-state index >= 15 is 0 Å². The van der Waals surface area contributed by atoms with E-state index in [4.69, 9.17) is 0 Å². The van der Waals surface area contributed by atoms with Crippen molar-refractivity contribution < 1.29 is 0 Å². The van der Waals surface area contributed by atoms with Gasteiger partial charge in [-0.05, 0) is 337 Å². The van der Waals surface area contributed by atoms with E-state index in [-0.39, 0.29) is 67.6 Å². The zero-order chi connectivity index (χ0) is 104. The van der Waals surface area contributed by atoms with Gasteiger partial charge < -0.3 is 28.7 Å². The number of fused-ring (bicyclic) bond motifs is 21. The van der Waals surface area contributed by atoms with Gasteiger partial charge in [0, 0.05) is 116 Å². The minimum absolute atomic E-state index is 0.0220. The van der Waals surface area contributed by atoms with Crippen molar-refractivity contribution in [3.63, 3.8) is 0 Å². The summed E-state index contributed by atoms with van der Waals surface area (Å²) in [4.78, 5) is 10.6. The number of rotatable bonds is 12. The van der Waals surface area contributed by atoms with Gasteiger partial charge >= 0.3 is 0 Å². The zero-order valence-electron chi connectivity index (χ0n) is 92.6. The standard InChI is InChI=1S/C138H142B2N6S2/c1-81-68-104-105(137(26,27)67-66-136(104,24)25)80-111(81)144-113-79-98(60-62-107(113)140-108-72-89(131(11,12)13)70-102-122(108)145(124-99-34-30-32-36-118(99)147-126(102)124)116-75-91(133(17,18)19)74-114(144)120(116)140)142(95-55-46-85(47-56-95)130(8,9)10)96-57-48-86(49-58-96)134(20,21)64-65-135(22,23)88-50-63-110-101(69-88)82-38-40-87(41-39-82)138(28,29)92-76-115-121-117(77-92)146-123-103(127-125(146)100-35-31-33-37-119(100)148-127)71-90(132(14,15)16)73-109(123)139(121)106-61-59-97(78-112(106)143(110)115)141(93-51-42-83(43-52-93)128(2,3)4)94-53-44-84(45-54-94)129(5,6)7/h30-63,68-80H,64-67H2,1-29H3. The molecule has 26 rings (SSSR count). The summed E-state index contributed by atoms with van der Waals surface area (Å²) in [7, 11) is 0. The molecule has 0 N–H and O–H groups in total. The van der Waals surface area contributed by atoms with Crippen molar-refractivity contribution in [2.24, 2.45) is 0 Å². The summed E-state index contributed by atoms with van der Waals surface area (Å²) in [6, 6.07) is 115. The number of thiophene rings is 2. The van der Waals surface area contributed by atoms with Gasteiger partial charge in [0.25, 0.3) is 13.4 Å². The lowest BCUT2D eigenvalue weighted by molar-refractivity contribution is 0.332. The van der Waals surface area contributed by atoms with Gasteiger partial charge in [0.1, 0.15) is 0 Å². The van der Waals surface area contributed by atoms with Gasteiger partial charge in [0.05, 0.1) is 37.2 Å². The number of benzene rings is 15. The Morgan fingerprint density at radius 3 is 1.09 bits per heavy atom. The fourth-order valence-corrected chi connectivity index (χ4v) is 28.5. The molecule has 742 valence electrons. The second kappa shape index (κ2) is 32.3. The quantitative estimate of drug-likeness (QED) is 0.114. The van der Waals surface area contributed by atoms with E-state index in [9.17, 15) is 0 Å². The van der Waals surface area contributed by atoms with E-state index in [1.807, 2.05) is 22.7 Å². The average molecular weight is 1970 g/mol. The van der Waals surface area contributed by atoms with Gasteiger partial charge in [0.15, 0.2) is 0 Å². The molecule has 19 aromatic rings. The highest BCUT2D eigenvalue weighted by Gasteiger charge is 2.50. The molecule has 6 nitrogen and oxygen atoms in total. The SMILES string of the molecule is Cc1cc2c(cc1N1c3cc(N(c4ccc(C(C)(C)C)cc4)c4ccc(C(C)(C)CCC(C)(C)c5ccc6c(c5)-c5ccc(cc5)C(C)(C)c5cc7c8c(c5)-n5c9c(cc(C(C)(C)C)cc9c9sc%10ccccc%10c95)B8c5ccc(N(c8ccc(C(C)(C)C)cc8)c8ccc(C(C)(C)C)cc8)cc5N67)cc4)ccc3B3c4c1cc(C(C)(C)C)cc4-n1c4c3cc(C(C)(C)C)cc4c3sc4ccccc4c31)C(C)(C)CCC2(C)C. The molecular weight excluding hydrogens is 1830 g/mol. The smallest absolute Gasteiger partial charge is 0.252 e. The van der Waals surface area contributed by atoms with Crippen LogP contribution in [-0.2, 0) is 59.6 Å². The van der Waals surface area contributed by atoms with Crippen molar-refractivity contribution in [3.8, 4) is 22.5 Å². The Morgan fingerprint density at radius 2 is 0.649 bits per heavy atom. The van der Waals surface area contributed by atoms with Crippen LogP contribution in [0.2, 0.25) is 0 Å². The minimum Gasteiger partial charge on any atom is -0.311 e. The second-order valence-corrected chi connectivity index (χ2v) is 56.1. The zero-order valence-corrected chi connectivity index (χ0v) is 94.3. The first-order valence-corrected chi connectivity index (χ1v) is 56.1. The molecule has 148 heavy (non-hydrogen) atoms. The van der Waals surface area contributed by atoms with Crippen LogP contribution >= 0.6 is 22.7 Å². The molecule has 0 radical (unpaired) electrons. The largest absolute Gasteiger partial charge is 0.311 e. The predicted molar refractivity (Wildman–Crippen MR) is 645 cm³/mol. The Labute approximate surface area is 887 Å². The fourth-order valence-electron chi connectivity index (χ4n) is 26.1. The summed E-state index contributed by atoms with van der Waals surface area (Å²) < 4.78 is 10.9. The van der Waals surface area contributed by atoms with Crippen molar-refractivity contribution in [2.75, 3.05) is 19.6 Å². The lowest BCUT2D eigenvalue weighted by Gasteiger charge is -2.45. The van der Waals surface area contributed by atoms with Gasteiger partial charge in [0.2, 0.25) is 0 Å². The third kappa shape index (κ3) is 14.8. The van der Waals surface area contributed by atoms with Crippen molar-refractivity contribution in [2.45, 2.75) is 286 Å². The van der Waals surface area contributed by atoms with E-state index in [2.05, 4.69) is 515 Å². The Hall–Kier alpha value is -12.9. The predicted octanol–water partition coefficient (Wildman–Crippen LogP) is 35.3. The van der Waals surface area contributed by atoms with Gasteiger partial charge in [-0.15, -0.1) is 22.7 Å². The van der Waals surface area contributed by atoms with E-state index in [1.54, 1.807) is 0 Å². The number of aromatic nitrogens is 2. The molecule has 10 heterocycles. The molecule has 4 bridgehead atoms. The highest BCUT2D eigenvalue weighted by molar-refractivity contribution is 7.27. The number of nitrogens with zero attached hydrogens (tertiary/aromatic N) is 6. The molecule has 0 spiro atoms. The summed E-state index contributed by atoms with van der Waals surface area (Å²) in [5, 5.41) is 5.33. The van der Waals surface area contributed by atoms with Gasteiger partial charge in [-0.25, -0.2) is 0 Å². The van der Waals surface area contributed by atoms with Crippen molar-refractivity contribution in [3.05, 3.63) is 357 Å². The fraction of sp³-hybridized carbons (Fsp3) is 0.319. The molecule has 0 fully saturated rings. The summed E-state index contributed by atoms with van der Waals surface area (Å²) in [5.41, 5.74) is 48.5. The maximum Gasteiger partial charge on any atom is 0.252 e. The highest BCUT2D eigenvalue weighted by Crippen LogP contribution is 2.58. The molecule has 7 aliphatic rings. The number of hydrogen-bond donors (Lipinski definition) is 0. The third-order valence-electron chi connectivity index (χ3n) is 35.8. The van der Waals surface area contributed by atoms with Crippen LogP contribution in [0.3, 0.4) is 0 Å². The van der Waals surface area contributed by atoms with Crippen LogP contribution in [0.1, 0.15) is 292 Å². The lowest BCUT2D eigenvalue weighted by Crippen LogP contribution is -2.60. The Morgan fingerprint density at radius 1 is 0.284 bits per heavy atom. The van der Waals surface area contributed by atoms with E-state index in [1.165, 1.54) is 224 Å². The first-order chi connectivity index (χ1) is 69.8. The van der Waals surface area contributed by atoms with Crippen LogP contribution in [0.15, 0.2) is 285 Å². The van der Waals surface area contributed by atoms with Crippen LogP contribution in [0, 0.1) is 6.92 Å². The number of hydrogen-bond acceptors (Lipinski definition) is 6. The first kappa shape index (κ1) is 96.0. The molecule has 6 aliphatic heterocycles. The lowest BCUT2D eigenvalue weighted by atomic mass is 9.33. The van der Waals surface area contributed by atoms with Crippen LogP contribution in [-0.4, -0.2) is 22.6 Å². The molecule has 0 amide bonds. The average Bonchev–Trinajstić information content (AvgIpc) is 1.48. The normalized spacial score (nSPS) is 15.4. The maximum absolute atomic E-state index is 2.76. The molecular formula is C138H142B2N6S2. The van der Waals surface area contributed by atoms with Crippen LogP contribution in [0.4, 0.5) is 68.2 Å². The van der Waals surface area contributed by atoms with Crippen molar-refractivity contribution in [1.82, 2.24) is 9.13 Å². The molecule has 0 unspecified atom stereocenters. The number of aryl methyl sites for hydroxylation is 1. The third-order valence-corrected chi connectivity index (χ3v) is 38.2. The van der Waals surface area contributed by atoms with E-state index in [0.717, 1.165) is 59.8 Å². The molecule has 10 heteroatoms. The van der Waals surface area contributed by atoms with Crippen molar-refractivity contribution >= 4 is 200 Å². The molecule has 0 saturated carbocycles. The molecule has 1 aliphatic carbocycles.